The molecule has 0 unspecified atom stereocenters. The number of aliphatic carboxylic acids is 1. The minimum absolute atomic E-state index is 0.0172. The summed E-state index contributed by atoms with van der Waals surface area (Å²) in [6.45, 7) is 3.71. The molecule has 0 spiro atoms. The molecule has 0 aliphatic heterocycles. The van der Waals surface area contributed by atoms with E-state index in [9.17, 15) is 24.3 Å². The number of carbonyl (C=O) groups is 4. The minimum Gasteiger partial charge on any atom is -0.481 e. The molecule has 0 aromatic carbocycles. The van der Waals surface area contributed by atoms with Crippen LogP contribution in [0.15, 0.2) is 9.05 Å². The zero-order chi connectivity index (χ0) is 39.7. The van der Waals surface area contributed by atoms with Crippen LogP contribution in [0.1, 0.15) is 165 Å². The number of aromatic nitrogens is 4. The minimum atomic E-state index is -0.879. The molecule has 2 atom stereocenters. The number of carboxylic acid groups (broad SMARTS) is 1. The summed E-state index contributed by atoms with van der Waals surface area (Å²) in [7, 11) is 0. The van der Waals surface area contributed by atoms with Crippen molar-refractivity contribution in [3.8, 4) is 0 Å². The third-order valence-electron chi connectivity index (χ3n) is 9.94. The van der Waals surface area contributed by atoms with Crippen molar-refractivity contribution in [1.29, 1.82) is 0 Å². The lowest BCUT2D eigenvalue weighted by Gasteiger charge is -2.22. The van der Waals surface area contributed by atoms with E-state index in [1.54, 1.807) is 19.3 Å². The highest BCUT2D eigenvalue weighted by atomic mass is 16.6. The second-order valence-corrected chi connectivity index (χ2v) is 14.3. The van der Waals surface area contributed by atoms with Crippen molar-refractivity contribution in [2.24, 2.45) is 11.8 Å². The molecule has 4 rings (SSSR count). The number of hydroxylamine groups is 1. The summed E-state index contributed by atoms with van der Waals surface area (Å²) < 4.78 is 30.5. The molecule has 2 fully saturated rings. The van der Waals surface area contributed by atoms with Gasteiger partial charge < -0.3 is 33.1 Å². The molecule has 55 heavy (non-hydrogen) atoms. The summed E-state index contributed by atoms with van der Waals surface area (Å²) in [4.78, 5) is 53.9. The fourth-order valence-electron chi connectivity index (χ4n) is 7.20. The van der Waals surface area contributed by atoms with E-state index in [0.29, 0.717) is 43.1 Å². The number of carboxylic acids is 1. The van der Waals surface area contributed by atoms with Gasteiger partial charge in [-0.25, -0.2) is 15.1 Å². The SMILES string of the molecule is CCOC(=O)COCc1noc([C@H](CCCC2CCCCC2)CC(=O)NO)n1.CCOC(=O)COCc1noc([C@H](CCCC2CCCCC2)CC(=O)O)n1. The fourth-order valence-corrected chi connectivity index (χ4v) is 7.20. The first-order valence-electron chi connectivity index (χ1n) is 20.0. The normalized spacial score (nSPS) is 16.1. The van der Waals surface area contributed by atoms with Gasteiger partial charge >= 0.3 is 17.9 Å². The molecular formula is C38H61N5O12. The van der Waals surface area contributed by atoms with Crippen LogP contribution in [-0.4, -0.2) is 80.8 Å². The number of hydrogen-bond donors (Lipinski definition) is 3. The average molecular weight is 780 g/mol. The van der Waals surface area contributed by atoms with Crippen LogP contribution in [0.4, 0.5) is 0 Å². The van der Waals surface area contributed by atoms with E-state index in [-0.39, 0.29) is 51.1 Å². The number of ether oxygens (including phenoxy) is 4. The predicted octanol–water partition coefficient (Wildman–Crippen LogP) is 6.34. The van der Waals surface area contributed by atoms with E-state index in [1.165, 1.54) is 64.2 Å². The third-order valence-corrected chi connectivity index (χ3v) is 9.94. The maximum atomic E-state index is 11.6. The molecule has 2 heterocycles. The molecule has 2 saturated carbocycles. The highest BCUT2D eigenvalue weighted by molar-refractivity contribution is 5.75. The molecule has 3 N–H and O–H groups in total. The molecule has 2 aliphatic rings. The monoisotopic (exact) mass is 779 g/mol. The zero-order valence-electron chi connectivity index (χ0n) is 32.5. The van der Waals surface area contributed by atoms with Crippen LogP contribution in [0.2, 0.25) is 0 Å². The summed E-state index contributed by atoms with van der Waals surface area (Å²) in [6.07, 6.45) is 18.7. The van der Waals surface area contributed by atoms with Gasteiger partial charge in [0.25, 0.3) is 0 Å². The topological polar surface area (TPSA) is 236 Å². The Morgan fingerprint density at radius 1 is 0.709 bits per heavy atom. The molecule has 0 saturated heterocycles. The second-order valence-electron chi connectivity index (χ2n) is 14.3. The first-order valence-corrected chi connectivity index (χ1v) is 20.0. The highest BCUT2D eigenvalue weighted by Crippen LogP contribution is 2.32. The van der Waals surface area contributed by atoms with E-state index >= 15 is 0 Å². The Balaban J connectivity index is 0.000000296. The number of rotatable bonds is 24. The lowest BCUT2D eigenvalue weighted by Crippen LogP contribution is -2.21. The van der Waals surface area contributed by atoms with Gasteiger partial charge in [0.1, 0.15) is 26.4 Å². The Morgan fingerprint density at radius 2 is 1.15 bits per heavy atom. The number of hydrogen-bond acceptors (Lipinski definition) is 15. The van der Waals surface area contributed by atoms with Gasteiger partial charge in [0.05, 0.1) is 19.6 Å². The van der Waals surface area contributed by atoms with Gasteiger partial charge in [-0.3, -0.25) is 14.8 Å². The molecular weight excluding hydrogens is 718 g/mol. The summed E-state index contributed by atoms with van der Waals surface area (Å²) in [5.41, 5.74) is 1.67. The molecule has 2 aromatic heterocycles. The van der Waals surface area contributed by atoms with Crippen molar-refractivity contribution in [3.05, 3.63) is 23.4 Å². The van der Waals surface area contributed by atoms with Gasteiger partial charge in [-0.2, -0.15) is 9.97 Å². The molecule has 310 valence electrons. The van der Waals surface area contributed by atoms with Gasteiger partial charge in [0.15, 0.2) is 11.6 Å². The molecule has 17 nitrogen and oxygen atoms in total. The van der Waals surface area contributed by atoms with Gasteiger partial charge in [-0.05, 0) is 38.5 Å². The molecule has 0 bridgehead atoms. The number of esters is 2. The van der Waals surface area contributed by atoms with Gasteiger partial charge in [-0.15, -0.1) is 0 Å². The number of nitrogens with zero attached hydrogens (tertiary/aromatic N) is 4. The van der Waals surface area contributed by atoms with E-state index < -0.39 is 23.8 Å². The Bertz CT molecular complexity index is 1390. The van der Waals surface area contributed by atoms with Crippen LogP contribution in [0.25, 0.3) is 0 Å². The van der Waals surface area contributed by atoms with Crippen molar-refractivity contribution >= 4 is 23.8 Å². The lowest BCUT2D eigenvalue weighted by atomic mass is 9.84. The quantitative estimate of drug-likeness (QED) is 0.0599. The summed E-state index contributed by atoms with van der Waals surface area (Å²) in [6, 6.07) is 0. The second kappa shape index (κ2) is 26.8. The van der Waals surface area contributed by atoms with Crippen LogP contribution in [0.5, 0.6) is 0 Å². The van der Waals surface area contributed by atoms with Crippen molar-refractivity contribution in [2.45, 2.75) is 154 Å². The van der Waals surface area contributed by atoms with Gasteiger partial charge in [0.2, 0.25) is 17.7 Å². The summed E-state index contributed by atoms with van der Waals surface area (Å²) >= 11 is 0. The predicted molar refractivity (Wildman–Crippen MR) is 194 cm³/mol. The number of amides is 1. The van der Waals surface area contributed by atoms with E-state index in [4.69, 9.17) is 33.2 Å². The third kappa shape index (κ3) is 19.0. The van der Waals surface area contributed by atoms with E-state index in [2.05, 4.69) is 20.3 Å². The largest absolute Gasteiger partial charge is 0.481 e. The van der Waals surface area contributed by atoms with Gasteiger partial charge in [-0.1, -0.05) is 100 Å². The van der Waals surface area contributed by atoms with Crippen LogP contribution in [-0.2, 0) is 51.3 Å². The molecule has 1 amide bonds. The maximum absolute atomic E-state index is 11.6. The Hall–Kier alpha value is -3.96. The smallest absolute Gasteiger partial charge is 0.332 e. The Kier molecular flexibility index (Phi) is 22.1. The van der Waals surface area contributed by atoms with Gasteiger partial charge in [0, 0.05) is 18.3 Å². The fraction of sp³-hybridized carbons (Fsp3) is 0.789. The summed E-state index contributed by atoms with van der Waals surface area (Å²) in [5.74, 6) is -0.0134. The van der Waals surface area contributed by atoms with Crippen molar-refractivity contribution < 1.29 is 57.5 Å². The highest BCUT2D eigenvalue weighted by Gasteiger charge is 2.25. The molecule has 17 heteroatoms. The maximum Gasteiger partial charge on any atom is 0.332 e. The van der Waals surface area contributed by atoms with Crippen LogP contribution >= 0.6 is 0 Å². The van der Waals surface area contributed by atoms with Crippen molar-refractivity contribution in [2.75, 3.05) is 26.4 Å². The Morgan fingerprint density at radius 3 is 1.55 bits per heavy atom. The first-order chi connectivity index (χ1) is 26.7. The standard InChI is InChI=1S/C19H31N3O6.C19H30N2O6/c1-2-27-18(24)13-26-12-16-20-19(28-22-16)15(11-17(23)21-25)10-6-9-14-7-4-3-5-8-14;1-2-26-18(24)13-25-12-16-20-19(27-21-16)15(11-17(22)23)10-6-9-14-7-4-3-5-8-14/h14-15,25H,2-13H2,1H3,(H,21,23);14-15H,2-13H2,1H3,(H,22,23)/t2*15-/m11/s1. The van der Waals surface area contributed by atoms with Crippen LogP contribution < -0.4 is 5.48 Å². The molecule has 2 aromatic rings. The number of carbonyl (C=O) groups excluding carboxylic acids is 3. The van der Waals surface area contributed by atoms with Crippen molar-refractivity contribution in [3.63, 3.8) is 0 Å². The van der Waals surface area contributed by atoms with Crippen molar-refractivity contribution in [1.82, 2.24) is 25.8 Å². The average Bonchev–Trinajstić information content (AvgIpc) is 3.86. The van der Waals surface area contributed by atoms with E-state index in [1.807, 2.05) is 0 Å². The molecule has 2 aliphatic carbocycles. The lowest BCUT2D eigenvalue weighted by molar-refractivity contribution is -0.149. The first kappa shape index (κ1) is 45.4. The van der Waals surface area contributed by atoms with Crippen LogP contribution in [0.3, 0.4) is 0 Å². The zero-order valence-corrected chi connectivity index (χ0v) is 32.5. The Labute approximate surface area is 322 Å². The number of nitrogens with one attached hydrogen (secondary N) is 1. The summed E-state index contributed by atoms with van der Waals surface area (Å²) in [5, 5.41) is 25.7. The van der Waals surface area contributed by atoms with Crippen LogP contribution in [0, 0.1) is 11.8 Å². The van der Waals surface area contributed by atoms with E-state index in [0.717, 1.165) is 43.9 Å². The molecule has 0 radical (unpaired) electrons.